The average Bonchev–Trinajstić information content (AvgIpc) is 2.45. The molecule has 1 rings (SSSR count). The van der Waals surface area contributed by atoms with Crippen molar-refractivity contribution in [3.05, 3.63) is 35.4 Å². The van der Waals surface area contributed by atoms with Crippen molar-refractivity contribution in [2.45, 2.75) is 46.1 Å². The van der Waals surface area contributed by atoms with E-state index >= 15 is 0 Å². The van der Waals surface area contributed by atoms with E-state index in [2.05, 4.69) is 5.32 Å². The molecule has 1 aromatic rings. The van der Waals surface area contributed by atoms with Crippen LogP contribution < -0.4 is 11.1 Å². The number of nitrogens with two attached hydrogens (primary N) is 1. The Balaban J connectivity index is 2.49. The van der Waals surface area contributed by atoms with Crippen molar-refractivity contribution in [1.29, 1.82) is 0 Å². The summed E-state index contributed by atoms with van der Waals surface area (Å²) in [5.41, 5.74) is 8.13. The first-order chi connectivity index (χ1) is 10.8. The summed E-state index contributed by atoms with van der Waals surface area (Å²) in [5.74, 6) is -0.751. The van der Waals surface area contributed by atoms with Crippen LogP contribution in [0.25, 0.3) is 0 Å². The van der Waals surface area contributed by atoms with E-state index in [0.29, 0.717) is 18.9 Å². The Morgan fingerprint density at radius 1 is 1.22 bits per heavy atom. The number of carbonyl (C=O) groups is 2. The number of benzene rings is 1. The van der Waals surface area contributed by atoms with E-state index in [9.17, 15) is 9.59 Å². The molecule has 1 amide bonds. The first-order valence-corrected chi connectivity index (χ1v) is 8.08. The summed E-state index contributed by atoms with van der Waals surface area (Å²) >= 11 is 0. The van der Waals surface area contributed by atoms with Crippen LogP contribution in [0.1, 0.15) is 37.8 Å². The summed E-state index contributed by atoms with van der Waals surface area (Å²) in [7, 11) is 0. The summed E-state index contributed by atoms with van der Waals surface area (Å²) in [6.07, 6.45) is 1.30. The minimum absolute atomic E-state index is 0.0612. The number of rotatable bonds is 9. The van der Waals surface area contributed by atoms with Crippen LogP contribution in [-0.2, 0) is 16.0 Å². The van der Waals surface area contributed by atoms with E-state index in [1.807, 2.05) is 45.0 Å². The molecule has 0 fully saturated rings. The summed E-state index contributed by atoms with van der Waals surface area (Å²) in [6, 6.07) is 7.29. The summed E-state index contributed by atoms with van der Waals surface area (Å²) < 4.78 is 0. The van der Waals surface area contributed by atoms with Crippen molar-refractivity contribution in [3.63, 3.8) is 0 Å². The third-order valence-electron chi connectivity index (χ3n) is 3.75. The SMILES string of the molecule is Cc1ccc(C[C@@H](N)C(=O)NC[C@H](CC(=O)O)CC(C)C)cc1. The van der Waals surface area contributed by atoms with Gasteiger partial charge in [0.2, 0.25) is 5.91 Å². The lowest BCUT2D eigenvalue weighted by atomic mass is 9.94. The van der Waals surface area contributed by atoms with E-state index in [1.165, 1.54) is 0 Å². The number of aliphatic carboxylic acids is 1. The predicted octanol–water partition coefficient (Wildman–Crippen LogP) is 2.12. The molecular formula is C18H28N2O3. The summed E-state index contributed by atoms with van der Waals surface area (Å²) in [4.78, 5) is 23.0. The van der Waals surface area contributed by atoms with Gasteiger partial charge in [0.05, 0.1) is 6.04 Å². The fourth-order valence-corrected chi connectivity index (χ4v) is 2.60. The zero-order chi connectivity index (χ0) is 17.4. The molecule has 0 saturated heterocycles. The number of carbonyl (C=O) groups excluding carboxylic acids is 1. The van der Waals surface area contributed by atoms with E-state index in [4.69, 9.17) is 10.8 Å². The molecule has 0 aromatic heterocycles. The highest BCUT2D eigenvalue weighted by Gasteiger charge is 2.19. The Bertz CT molecular complexity index is 512. The van der Waals surface area contributed by atoms with Gasteiger partial charge in [-0.3, -0.25) is 9.59 Å². The Labute approximate surface area is 138 Å². The van der Waals surface area contributed by atoms with Crippen molar-refractivity contribution in [1.82, 2.24) is 5.32 Å². The van der Waals surface area contributed by atoms with Crippen LogP contribution >= 0.6 is 0 Å². The smallest absolute Gasteiger partial charge is 0.303 e. The molecule has 0 bridgehead atoms. The second kappa shape index (κ2) is 9.30. The van der Waals surface area contributed by atoms with Gasteiger partial charge < -0.3 is 16.2 Å². The fourth-order valence-electron chi connectivity index (χ4n) is 2.60. The zero-order valence-electron chi connectivity index (χ0n) is 14.2. The number of hydrogen-bond donors (Lipinski definition) is 3. The molecule has 2 atom stereocenters. The number of carboxylic acid groups (broad SMARTS) is 1. The highest BCUT2D eigenvalue weighted by atomic mass is 16.4. The molecule has 0 aliphatic rings. The molecule has 0 unspecified atom stereocenters. The topological polar surface area (TPSA) is 92.4 Å². The molecule has 4 N–H and O–H groups in total. The largest absolute Gasteiger partial charge is 0.481 e. The zero-order valence-corrected chi connectivity index (χ0v) is 14.2. The fraction of sp³-hybridized carbons (Fsp3) is 0.556. The van der Waals surface area contributed by atoms with E-state index < -0.39 is 12.0 Å². The van der Waals surface area contributed by atoms with Crippen LogP contribution in [0.15, 0.2) is 24.3 Å². The van der Waals surface area contributed by atoms with Gasteiger partial charge in [0, 0.05) is 13.0 Å². The molecule has 0 radical (unpaired) electrons. The van der Waals surface area contributed by atoms with Gasteiger partial charge in [-0.25, -0.2) is 0 Å². The van der Waals surface area contributed by atoms with Gasteiger partial charge in [-0.2, -0.15) is 0 Å². The molecule has 5 heteroatoms. The number of hydrogen-bond acceptors (Lipinski definition) is 3. The lowest BCUT2D eigenvalue weighted by molar-refractivity contribution is -0.138. The third-order valence-corrected chi connectivity index (χ3v) is 3.75. The Kier molecular flexibility index (Phi) is 7.75. The maximum atomic E-state index is 12.1. The number of nitrogens with one attached hydrogen (secondary N) is 1. The van der Waals surface area contributed by atoms with Gasteiger partial charge in [0.1, 0.15) is 0 Å². The Hall–Kier alpha value is -1.88. The Morgan fingerprint density at radius 3 is 2.35 bits per heavy atom. The van der Waals surface area contributed by atoms with E-state index in [0.717, 1.165) is 17.5 Å². The lowest BCUT2D eigenvalue weighted by Gasteiger charge is -2.19. The van der Waals surface area contributed by atoms with Gasteiger partial charge in [-0.1, -0.05) is 43.7 Å². The molecule has 23 heavy (non-hydrogen) atoms. The first kappa shape index (κ1) is 19.2. The monoisotopic (exact) mass is 320 g/mol. The van der Waals surface area contributed by atoms with Gasteiger partial charge in [0.15, 0.2) is 0 Å². The number of amides is 1. The van der Waals surface area contributed by atoms with Crippen molar-refractivity contribution in [2.75, 3.05) is 6.54 Å². The number of aryl methyl sites for hydroxylation is 1. The molecule has 5 nitrogen and oxygen atoms in total. The average molecular weight is 320 g/mol. The summed E-state index contributed by atoms with van der Waals surface area (Å²) in [6.45, 7) is 6.44. The van der Waals surface area contributed by atoms with Crippen LogP contribution in [0.5, 0.6) is 0 Å². The summed E-state index contributed by atoms with van der Waals surface area (Å²) in [5, 5.41) is 11.7. The second-order valence-electron chi connectivity index (χ2n) is 6.63. The number of carboxylic acids is 1. The highest BCUT2D eigenvalue weighted by Crippen LogP contribution is 2.15. The molecule has 128 valence electrons. The maximum absolute atomic E-state index is 12.1. The van der Waals surface area contributed by atoms with Crippen molar-refractivity contribution in [3.8, 4) is 0 Å². The minimum Gasteiger partial charge on any atom is -0.481 e. The normalized spacial score (nSPS) is 13.6. The van der Waals surface area contributed by atoms with Gasteiger partial charge in [0.25, 0.3) is 0 Å². The van der Waals surface area contributed by atoms with Crippen molar-refractivity contribution >= 4 is 11.9 Å². The van der Waals surface area contributed by atoms with E-state index in [-0.39, 0.29) is 18.2 Å². The molecule has 0 aliphatic heterocycles. The molecule has 0 heterocycles. The predicted molar refractivity (Wildman–Crippen MR) is 91.1 cm³/mol. The van der Waals surface area contributed by atoms with Crippen molar-refractivity contribution in [2.24, 2.45) is 17.6 Å². The van der Waals surface area contributed by atoms with E-state index in [1.54, 1.807) is 0 Å². The maximum Gasteiger partial charge on any atom is 0.303 e. The molecule has 0 spiro atoms. The lowest BCUT2D eigenvalue weighted by Crippen LogP contribution is -2.44. The van der Waals surface area contributed by atoms with Gasteiger partial charge >= 0.3 is 5.97 Å². The standard InChI is InChI=1S/C18H28N2O3/c1-12(2)8-15(10-17(21)22)11-20-18(23)16(19)9-14-6-4-13(3)5-7-14/h4-7,12,15-16H,8-11,19H2,1-3H3,(H,20,23)(H,21,22)/t15-,16+/m0/s1. The van der Waals surface area contributed by atoms with Gasteiger partial charge in [-0.05, 0) is 37.2 Å². The highest BCUT2D eigenvalue weighted by molar-refractivity contribution is 5.81. The Morgan fingerprint density at radius 2 is 1.83 bits per heavy atom. The van der Waals surface area contributed by atoms with Crippen LogP contribution in [0.2, 0.25) is 0 Å². The van der Waals surface area contributed by atoms with Gasteiger partial charge in [-0.15, -0.1) is 0 Å². The third kappa shape index (κ3) is 7.79. The second-order valence-corrected chi connectivity index (χ2v) is 6.63. The van der Waals surface area contributed by atoms with Crippen LogP contribution in [-0.4, -0.2) is 29.6 Å². The molecule has 0 saturated carbocycles. The molecular weight excluding hydrogens is 292 g/mol. The van der Waals surface area contributed by atoms with Crippen LogP contribution in [0, 0.1) is 18.8 Å². The minimum atomic E-state index is -0.839. The quantitative estimate of drug-likeness (QED) is 0.650. The van der Waals surface area contributed by atoms with Crippen molar-refractivity contribution < 1.29 is 14.7 Å². The van der Waals surface area contributed by atoms with Crippen LogP contribution in [0.3, 0.4) is 0 Å². The molecule has 0 aliphatic carbocycles. The first-order valence-electron chi connectivity index (χ1n) is 8.08. The molecule has 1 aromatic carbocycles. The van der Waals surface area contributed by atoms with Crippen LogP contribution in [0.4, 0.5) is 0 Å².